The van der Waals surface area contributed by atoms with E-state index < -0.39 is 0 Å². The van der Waals surface area contributed by atoms with E-state index in [-0.39, 0.29) is 0 Å². The fourth-order valence-electron chi connectivity index (χ4n) is 1.96. The van der Waals surface area contributed by atoms with E-state index in [4.69, 9.17) is 4.74 Å². The molecule has 110 valence electrons. The summed E-state index contributed by atoms with van der Waals surface area (Å²) in [7, 11) is 0. The summed E-state index contributed by atoms with van der Waals surface area (Å²) in [5.74, 6) is 1.33. The molecule has 0 unspecified atom stereocenters. The van der Waals surface area contributed by atoms with Crippen LogP contribution < -0.4 is 10.1 Å². The molecule has 0 fully saturated rings. The van der Waals surface area contributed by atoms with Crippen molar-refractivity contribution in [2.45, 2.75) is 19.8 Å². The number of nitrogens with zero attached hydrogens (tertiary/aromatic N) is 2. The van der Waals surface area contributed by atoms with Crippen molar-refractivity contribution in [1.29, 1.82) is 0 Å². The van der Waals surface area contributed by atoms with Crippen LogP contribution in [0.4, 0.5) is 5.95 Å². The number of fused-ring (bicyclic) bond motifs is 1. The van der Waals surface area contributed by atoms with E-state index in [0.29, 0.717) is 18.4 Å². The molecule has 6 heteroatoms. The minimum Gasteiger partial charge on any atom is -0.477 e. The first kappa shape index (κ1) is 14.3. The number of hydrogen-bond donors (Lipinski definition) is 1. The molecular weight excluding hydrogens is 302 g/mol. The topological polar surface area (TPSA) is 47.0 Å². The van der Waals surface area contributed by atoms with Crippen molar-refractivity contribution < 1.29 is 4.74 Å². The van der Waals surface area contributed by atoms with Gasteiger partial charge in [-0.1, -0.05) is 13.0 Å². The highest BCUT2D eigenvalue weighted by Gasteiger charge is 2.10. The van der Waals surface area contributed by atoms with Crippen LogP contribution in [0.1, 0.15) is 18.2 Å². The summed E-state index contributed by atoms with van der Waals surface area (Å²) in [5, 5.41) is 8.33. The van der Waals surface area contributed by atoms with E-state index in [1.54, 1.807) is 22.7 Å². The molecule has 3 heterocycles. The van der Waals surface area contributed by atoms with Gasteiger partial charge in [-0.25, -0.2) is 4.98 Å². The number of nitrogens with one attached hydrogen (secondary N) is 1. The molecule has 0 spiro atoms. The van der Waals surface area contributed by atoms with Crippen molar-refractivity contribution in [3.05, 3.63) is 33.8 Å². The maximum Gasteiger partial charge on any atom is 0.227 e. The maximum atomic E-state index is 5.89. The molecule has 3 aromatic heterocycles. The van der Waals surface area contributed by atoms with Gasteiger partial charge in [-0.2, -0.15) is 4.98 Å². The minimum absolute atomic E-state index is 0.635. The Morgan fingerprint density at radius 2 is 2.14 bits per heavy atom. The molecule has 0 aliphatic heterocycles. The normalized spacial score (nSPS) is 10.9. The number of rotatable bonds is 7. The Balaban J connectivity index is 1.74. The molecular formula is C15H17N3OS2. The van der Waals surface area contributed by atoms with E-state index >= 15 is 0 Å². The Labute approximate surface area is 131 Å². The molecule has 0 saturated carbocycles. The van der Waals surface area contributed by atoms with E-state index in [1.807, 2.05) is 11.4 Å². The monoisotopic (exact) mass is 319 g/mol. The highest BCUT2D eigenvalue weighted by atomic mass is 32.1. The summed E-state index contributed by atoms with van der Waals surface area (Å²) in [6.07, 6.45) is 1.95. The quantitative estimate of drug-likeness (QED) is 0.709. The Morgan fingerprint density at radius 1 is 1.19 bits per heavy atom. The summed E-state index contributed by atoms with van der Waals surface area (Å²) in [5.41, 5.74) is 0. The van der Waals surface area contributed by atoms with E-state index in [9.17, 15) is 0 Å². The average molecular weight is 319 g/mol. The van der Waals surface area contributed by atoms with Crippen molar-refractivity contribution in [3.63, 3.8) is 0 Å². The molecule has 0 aromatic carbocycles. The summed E-state index contributed by atoms with van der Waals surface area (Å²) >= 11 is 3.37. The van der Waals surface area contributed by atoms with Crippen LogP contribution in [-0.2, 0) is 6.42 Å². The third kappa shape index (κ3) is 3.51. The summed E-state index contributed by atoms with van der Waals surface area (Å²) in [6.45, 7) is 3.62. The van der Waals surface area contributed by atoms with E-state index in [2.05, 4.69) is 39.7 Å². The van der Waals surface area contributed by atoms with Gasteiger partial charge in [0.2, 0.25) is 11.8 Å². The van der Waals surface area contributed by atoms with Gasteiger partial charge in [0.05, 0.1) is 12.0 Å². The lowest BCUT2D eigenvalue weighted by atomic mass is 10.3. The molecule has 21 heavy (non-hydrogen) atoms. The largest absolute Gasteiger partial charge is 0.477 e. The first-order valence-corrected chi connectivity index (χ1v) is 8.77. The predicted molar refractivity (Wildman–Crippen MR) is 89.7 cm³/mol. The highest BCUT2D eigenvalue weighted by molar-refractivity contribution is 7.16. The number of hydrogen-bond acceptors (Lipinski definition) is 6. The fourth-order valence-corrected chi connectivity index (χ4v) is 3.40. The van der Waals surface area contributed by atoms with Crippen molar-refractivity contribution in [3.8, 4) is 5.88 Å². The Kier molecular flexibility index (Phi) is 4.67. The van der Waals surface area contributed by atoms with Crippen molar-refractivity contribution in [1.82, 2.24) is 9.97 Å². The van der Waals surface area contributed by atoms with Crippen molar-refractivity contribution in [2.75, 3.05) is 18.5 Å². The smallest absolute Gasteiger partial charge is 0.227 e. The molecule has 3 rings (SSSR count). The van der Waals surface area contributed by atoms with Crippen molar-refractivity contribution in [2.24, 2.45) is 0 Å². The van der Waals surface area contributed by atoms with Crippen LogP contribution in [-0.4, -0.2) is 23.1 Å². The summed E-state index contributed by atoms with van der Waals surface area (Å²) < 4.78 is 5.89. The number of aromatic nitrogens is 2. The fraction of sp³-hybridized carbons (Fsp3) is 0.333. The van der Waals surface area contributed by atoms with Crippen LogP contribution in [0.5, 0.6) is 5.88 Å². The molecule has 3 aromatic rings. The van der Waals surface area contributed by atoms with Gasteiger partial charge in [0, 0.05) is 17.8 Å². The third-order valence-electron chi connectivity index (χ3n) is 2.99. The molecule has 0 atom stereocenters. The first-order chi connectivity index (χ1) is 10.4. The summed E-state index contributed by atoms with van der Waals surface area (Å²) in [6, 6.07) is 6.21. The van der Waals surface area contributed by atoms with Gasteiger partial charge < -0.3 is 10.1 Å². The summed E-state index contributed by atoms with van der Waals surface area (Å²) in [4.78, 5) is 11.3. The first-order valence-electron chi connectivity index (χ1n) is 7.01. The van der Waals surface area contributed by atoms with E-state index in [1.165, 1.54) is 4.88 Å². The van der Waals surface area contributed by atoms with Gasteiger partial charge in [-0.3, -0.25) is 0 Å². The van der Waals surface area contributed by atoms with Crippen LogP contribution in [0.3, 0.4) is 0 Å². The minimum atomic E-state index is 0.635. The molecule has 0 saturated heterocycles. The predicted octanol–water partition coefficient (Wildman–Crippen LogP) is 4.20. The van der Waals surface area contributed by atoms with Crippen LogP contribution in [0, 0.1) is 0 Å². The molecule has 4 nitrogen and oxygen atoms in total. The SMILES string of the molecule is CCCNc1nc(OCCc2cccs2)c2ccsc2n1. The van der Waals surface area contributed by atoms with Crippen LogP contribution in [0.2, 0.25) is 0 Å². The zero-order valence-corrected chi connectivity index (χ0v) is 13.5. The number of thiophene rings is 2. The molecule has 0 aliphatic carbocycles. The molecule has 0 bridgehead atoms. The maximum absolute atomic E-state index is 5.89. The van der Waals surface area contributed by atoms with Gasteiger partial charge in [-0.05, 0) is 29.3 Å². The van der Waals surface area contributed by atoms with Crippen LogP contribution in [0.25, 0.3) is 10.2 Å². The van der Waals surface area contributed by atoms with Gasteiger partial charge in [0.15, 0.2) is 0 Å². The number of ether oxygens (including phenoxy) is 1. The van der Waals surface area contributed by atoms with E-state index in [0.717, 1.165) is 29.6 Å². The number of anilines is 1. The highest BCUT2D eigenvalue weighted by Crippen LogP contribution is 2.28. The lowest BCUT2D eigenvalue weighted by molar-refractivity contribution is 0.315. The second-order valence-corrected chi connectivity index (χ2v) is 6.52. The molecule has 0 aliphatic rings. The lowest BCUT2D eigenvalue weighted by Gasteiger charge is -2.08. The Bertz CT molecular complexity index is 694. The van der Waals surface area contributed by atoms with Crippen LogP contribution in [0.15, 0.2) is 29.0 Å². The van der Waals surface area contributed by atoms with Gasteiger partial charge in [0.1, 0.15) is 4.83 Å². The van der Waals surface area contributed by atoms with Gasteiger partial charge >= 0.3 is 0 Å². The van der Waals surface area contributed by atoms with Crippen molar-refractivity contribution >= 4 is 38.8 Å². The second-order valence-electron chi connectivity index (χ2n) is 4.60. The second kappa shape index (κ2) is 6.87. The zero-order valence-electron chi connectivity index (χ0n) is 11.8. The average Bonchev–Trinajstić information content (AvgIpc) is 3.15. The Morgan fingerprint density at radius 3 is 2.95 bits per heavy atom. The van der Waals surface area contributed by atoms with Crippen LogP contribution >= 0.6 is 22.7 Å². The molecule has 0 radical (unpaired) electrons. The molecule has 0 amide bonds. The Hall–Kier alpha value is -1.66. The standard InChI is InChI=1S/C15H17N3OS2/c1-2-7-16-15-17-13(12-6-10-21-14(12)18-15)19-8-5-11-4-3-9-20-11/h3-4,6,9-10H,2,5,7-8H2,1H3,(H,16,17,18). The zero-order chi connectivity index (χ0) is 14.5. The van der Waals surface area contributed by atoms with Gasteiger partial charge in [-0.15, -0.1) is 22.7 Å². The third-order valence-corrected chi connectivity index (χ3v) is 4.73. The molecule has 1 N–H and O–H groups in total. The lowest BCUT2D eigenvalue weighted by Crippen LogP contribution is -2.07. The van der Waals surface area contributed by atoms with Gasteiger partial charge in [0.25, 0.3) is 0 Å².